The molecule has 3 nitrogen and oxygen atoms in total. The second kappa shape index (κ2) is 3.81. The standard InChI is InChI=1S/C10H15NO2/c12-10-11-9(7-13-10)8-5-3-1-2-4-6-8/h7-8H,1-6H2,(H,11,12). The van der Waals surface area contributed by atoms with Crippen LogP contribution in [0.1, 0.15) is 50.1 Å². The van der Waals surface area contributed by atoms with E-state index in [-0.39, 0.29) is 5.76 Å². The number of aromatic amines is 1. The van der Waals surface area contributed by atoms with E-state index in [9.17, 15) is 4.79 Å². The molecule has 1 saturated carbocycles. The number of oxazole rings is 1. The fourth-order valence-electron chi connectivity index (χ4n) is 2.08. The molecule has 1 aromatic heterocycles. The number of hydrogen-bond donors (Lipinski definition) is 1. The van der Waals surface area contributed by atoms with Crippen LogP contribution in [0.3, 0.4) is 0 Å². The van der Waals surface area contributed by atoms with Crippen molar-refractivity contribution in [3.05, 3.63) is 22.5 Å². The van der Waals surface area contributed by atoms with Crippen molar-refractivity contribution in [2.75, 3.05) is 0 Å². The molecule has 0 aromatic carbocycles. The van der Waals surface area contributed by atoms with Crippen LogP contribution in [-0.2, 0) is 0 Å². The van der Waals surface area contributed by atoms with Gasteiger partial charge < -0.3 is 4.42 Å². The average molecular weight is 181 g/mol. The summed E-state index contributed by atoms with van der Waals surface area (Å²) in [5.41, 5.74) is 0.993. The highest BCUT2D eigenvalue weighted by molar-refractivity contribution is 5.01. The Bertz CT molecular complexity index is 305. The lowest BCUT2D eigenvalue weighted by molar-refractivity contribution is 0.511. The van der Waals surface area contributed by atoms with Crippen LogP contribution in [0.4, 0.5) is 0 Å². The zero-order chi connectivity index (χ0) is 9.10. The van der Waals surface area contributed by atoms with E-state index < -0.39 is 0 Å². The van der Waals surface area contributed by atoms with Crippen LogP contribution in [0.15, 0.2) is 15.5 Å². The zero-order valence-electron chi connectivity index (χ0n) is 7.71. The molecule has 0 atom stereocenters. The summed E-state index contributed by atoms with van der Waals surface area (Å²) in [4.78, 5) is 13.5. The first-order valence-electron chi connectivity index (χ1n) is 5.04. The first-order valence-corrected chi connectivity index (χ1v) is 5.04. The monoisotopic (exact) mass is 181 g/mol. The summed E-state index contributed by atoms with van der Waals surface area (Å²) in [7, 11) is 0. The fraction of sp³-hybridized carbons (Fsp3) is 0.700. The second-order valence-electron chi connectivity index (χ2n) is 3.79. The van der Waals surface area contributed by atoms with Crippen LogP contribution >= 0.6 is 0 Å². The first-order chi connectivity index (χ1) is 6.36. The third-order valence-electron chi connectivity index (χ3n) is 2.83. The van der Waals surface area contributed by atoms with E-state index in [2.05, 4.69) is 4.98 Å². The molecule has 0 radical (unpaired) electrons. The van der Waals surface area contributed by atoms with Crippen molar-refractivity contribution >= 4 is 0 Å². The summed E-state index contributed by atoms with van der Waals surface area (Å²) in [6.07, 6.45) is 9.18. The van der Waals surface area contributed by atoms with Gasteiger partial charge in [0.05, 0.1) is 5.69 Å². The zero-order valence-corrected chi connectivity index (χ0v) is 7.71. The van der Waals surface area contributed by atoms with Gasteiger partial charge in [0, 0.05) is 5.92 Å². The minimum absolute atomic E-state index is 0.320. The second-order valence-corrected chi connectivity index (χ2v) is 3.79. The van der Waals surface area contributed by atoms with Gasteiger partial charge in [-0.25, -0.2) is 4.79 Å². The summed E-state index contributed by atoms with van der Waals surface area (Å²) < 4.78 is 4.75. The average Bonchev–Trinajstić information content (AvgIpc) is 2.43. The Kier molecular flexibility index (Phi) is 2.52. The molecule has 2 rings (SSSR count). The van der Waals surface area contributed by atoms with Gasteiger partial charge in [-0.2, -0.15) is 0 Å². The summed E-state index contributed by atoms with van der Waals surface area (Å²) in [5, 5.41) is 0. The van der Waals surface area contributed by atoms with E-state index in [0.717, 1.165) is 5.69 Å². The van der Waals surface area contributed by atoms with Crippen molar-refractivity contribution in [1.29, 1.82) is 0 Å². The molecule has 3 heteroatoms. The molecule has 0 saturated heterocycles. The largest absolute Gasteiger partial charge is 0.416 e. The Morgan fingerprint density at radius 2 is 1.92 bits per heavy atom. The third-order valence-corrected chi connectivity index (χ3v) is 2.83. The van der Waals surface area contributed by atoms with Crippen molar-refractivity contribution in [3.8, 4) is 0 Å². The molecular weight excluding hydrogens is 166 g/mol. The van der Waals surface area contributed by atoms with Gasteiger partial charge >= 0.3 is 5.76 Å². The molecule has 13 heavy (non-hydrogen) atoms. The van der Waals surface area contributed by atoms with Gasteiger partial charge in [0.25, 0.3) is 0 Å². The van der Waals surface area contributed by atoms with E-state index in [1.807, 2.05) is 0 Å². The maximum absolute atomic E-state index is 10.8. The predicted octanol–water partition coefficient (Wildman–Crippen LogP) is 2.41. The van der Waals surface area contributed by atoms with E-state index in [4.69, 9.17) is 4.42 Å². The SMILES string of the molecule is O=c1[nH]c(C2CCCCCC2)co1. The molecule has 0 aliphatic heterocycles. The third kappa shape index (κ3) is 2.02. The van der Waals surface area contributed by atoms with Crippen LogP contribution < -0.4 is 5.76 Å². The topological polar surface area (TPSA) is 46.0 Å². The highest BCUT2D eigenvalue weighted by Crippen LogP contribution is 2.29. The van der Waals surface area contributed by atoms with Gasteiger partial charge in [0.1, 0.15) is 6.26 Å². The number of aromatic nitrogens is 1. The van der Waals surface area contributed by atoms with Crippen molar-refractivity contribution < 1.29 is 4.42 Å². The molecule has 0 spiro atoms. The van der Waals surface area contributed by atoms with E-state index in [1.165, 1.54) is 38.5 Å². The summed E-state index contributed by atoms with van der Waals surface area (Å²) in [5.74, 6) is 0.202. The van der Waals surface area contributed by atoms with Crippen molar-refractivity contribution in [3.63, 3.8) is 0 Å². The Balaban J connectivity index is 2.10. The number of hydrogen-bond acceptors (Lipinski definition) is 2. The quantitative estimate of drug-likeness (QED) is 0.676. The molecular formula is C10H15NO2. The normalized spacial score (nSPS) is 20.0. The lowest BCUT2D eigenvalue weighted by Gasteiger charge is -2.09. The van der Waals surface area contributed by atoms with E-state index in [1.54, 1.807) is 6.26 Å². The van der Waals surface area contributed by atoms with E-state index >= 15 is 0 Å². The Morgan fingerprint density at radius 1 is 1.23 bits per heavy atom. The first kappa shape index (κ1) is 8.60. The maximum Gasteiger partial charge on any atom is 0.416 e. The number of H-pyrrole nitrogens is 1. The lowest BCUT2D eigenvalue weighted by Crippen LogP contribution is -2.02. The fourth-order valence-corrected chi connectivity index (χ4v) is 2.08. The van der Waals surface area contributed by atoms with Gasteiger partial charge in [-0.15, -0.1) is 0 Å². The molecule has 1 fully saturated rings. The highest BCUT2D eigenvalue weighted by atomic mass is 16.4. The molecule has 0 amide bonds. The van der Waals surface area contributed by atoms with Gasteiger partial charge in [0.15, 0.2) is 0 Å². The smallest absolute Gasteiger partial charge is 0.416 e. The molecule has 0 unspecified atom stereocenters. The molecule has 72 valence electrons. The Hall–Kier alpha value is -0.990. The van der Waals surface area contributed by atoms with Gasteiger partial charge in [0.2, 0.25) is 0 Å². The van der Waals surface area contributed by atoms with Crippen LogP contribution in [0.5, 0.6) is 0 Å². The minimum Gasteiger partial charge on any atom is -0.416 e. The van der Waals surface area contributed by atoms with Crippen LogP contribution in [0.25, 0.3) is 0 Å². The van der Waals surface area contributed by atoms with Crippen molar-refractivity contribution in [2.24, 2.45) is 0 Å². The molecule has 1 aliphatic rings. The Morgan fingerprint density at radius 3 is 2.46 bits per heavy atom. The summed E-state index contributed by atoms with van der Waals surface area (Å²) in [6, 6.07) is 0. The predicted molar refractivity (Wildman–Crippen MR) is 49.8 cm³/mol. The minimum atomic E-state index is -0.320. The maximum atomic E-state index is 10.8. The van der Waals surface area contributed by atoms with Gasteiger partial charge in [-0.3, -0.25) is 4.98 Å². The number of nitrogens with one attached hydrogen (secondary N) is 1. The lowest BCUT2D eigenvalue weighted by atomic mass is 9.98. The summed E-state index contributed by atoms with van der Waals surface area (Å²) in [6.45, 7) is 0. The van der Waals surface area contributed by atoms with Crippen molar-refractivity contribution in [2.45, 2.75) is 44.4 Å². The van der Waals surface area contributed by atoms with Crippen LogP contribution in [-0.4, -0.2) is 4.98 Å². The molecule has 1 aliphatic carbocycles. The number of rotatable bonds is 1. The molecule has 1 aromatic rings. The van der Waals surface area contributed by atoms with Gasteiger partial charge in [-0.05, 0) is 12.8 Å². The van der Waals surface area contributed by atoms with Crippen LogP contribution in [0, 0.1) is 0 Å². The molecule has 0 bridgehead atoms. The highest BCUT2D eigenvalue weighted by Gasteiger charge is 2.16. The molecule has 1 heterocycles. The van der Waals surface area contributed by atoms with Gasteiger partial charge in [-0.1, -0.05) is 25.7 Å². The van der Waals surface area contributed by atoms with E-state index in [0.29, 0.717) is 5.92 Å². The van der Waals surface area contributed by atoms with Crippen LogP contribution in [0.2, 0.25) is 0 Å². The summed E-state index contributed by atoms with van der Waals surface area (Å²) >= 11 is 0. The Labute approximate surface area is 77.2 Å². The molecule has 1 N–H and O–H groups in total. The van der Waals surface area contributed by atoms with Crippen molar-refractivity contribution in [1.82, 2.24) is 4.98 Å².